The third-order valence-electron chi connectivity index (χ3n) is 3.54. The molecule has 0 saturated heterocycles. The van der Waals surface area contributed by atoms with Gasteiger partial charge in [-0.2, -0.15) is 0 Å². The van der Waals surface area contributed by atoms with Crippen LogP contribution in [0.2, 0.25) is 0 Å². The molecule has 0 radical (unpaired) electrons. The molecular formula is C17H19NO2. The van der Waals surface area contributed by atoms with E-state index < -0.39 is 0 Å². The number of rotatable bonds is 2. The van der Waals surface area contributed by atoms with Crippen LogP contribution < -0.4 is 15.2 Å². The van der Waals surface area contributed by atoms with Gasteiger partial charge < -0.3 is 15.2 Å². The summed E-state index contributed by atoms with van der Waals surface area (Å²) < 4.78 is 11.4. The molecule has 0 saturated carbocycles. The van der Waals surface area contributed by atoms with Crippen LogP contribution in [0.4, 0.5) is 0 Å². The summed E-state index contributed by atoms with van der Waals surface area (Å²) in [4.78, 5) is 0. The van der Waals surface area contributed by atoms with Crippen molar-refractivity contribution in [3.05, 3.63) is 47.5 Å². The van der Waals surface area contributed by atoms with Crippen LogP contribution >= 0.6 is 0 Å². The van der Waals surface area contributed by atoms with E-state index in [1.165, 1.54) is 11.1 Å². The largest absolute Gasteiger partial charge is 0.490 e. The number of benzene rings is 2. The van der Waals surface area contributed by atoms with E-state index in [-0.39, 0.29) is 0 Å². The lowest BCUT2D eigenvalue weighted by atomic mass is 9.97. The van der Waals surface area contributed by atoms with Crippen molar-refractivity contribution in [3.63, 3.8) is 0 Å². The zero-order valence-corrected chi connectivity index (χ0v) is 11.7. The van der Waals surface area contributed by atoms with Crippen molar-refractivity contribution in [2.45, 2.75) is 19.9 Å². The van der Waals surface area contributed by atoms with Gasteiger partial charge in [0.15, 0.2) is 11.5 Å². The molecule has 3 rings (SSSR count). The van der Waals surface area contributed by atoms with Gasteiger partial charge in [-0.05, 0) is 35.7 Å². The van der Waals surface area contributed by atoms with Crippen LogP contribution in [0.25, 0.3) is 11.1 Å². The maximum atomic E-state index is 5.84. The zero-order chi connectivity index (χ0) is 13.9. The van der Waals surface area contributed by atoms with Crippen molar-refractivity contribution >= 4 is 0 Å². The molecule has 0 aliphatic carbocycles. The summed E-state index contributed by atoms with van der Waals surface area (Å²) in [5.41, 5.74) is 10.5. The lowest BCUT2D eigenvalue weighted by Crippen LogP contribution is -1.99. The first-order valence-corrected chi connectivity index (χ1v) is 6.97. The highest BCUT2D eigenvalue weighted by molar-refractivity contribution is 5.71. The van der Waals surface area contributed by atoms with Crippen molar-refractivity contribution in [3.8, 4) is 22.6 Å². The fourth-order valence-electron chi connectivity index (χ4n) is 2.47. The van der Waals surface area contributed by atoms with Crippen molar-refractivity contribution in [1.82, 2.24) is 0 Å². The predicted octanol–water partition coefficient (Wildman–Crippen LogP) is 3.28. The third kappa shape index (κ3) is 2.49. The van der Waals surface area contributed by atoms with Gasteiger partial charge in [-0.3, -0.25) is 0 Å². The minimum Gasteiger partial charge on any atom is -0.490 e. The molecule has 0 atom stereocenters. The first-order valence-electron chi connectivity index (χ1n) is 6.97. The Bertz CT molecular complexity index is 622. The second-order valence-corrected chi connectivity index (χ2v) is 5.08. The fourth-order valence-corrected chi connectivity index (χ4v) is 2.47. The van der Waals surface area contributed by atoms with Crippen molar-refractivity contribution < 1.29 is 9.47 Å². The number of nitrogens with two attached hydrogens (primary N) is 1. The molecule has 20 heavy (non-hydrogen) atoms. The molecule has 0 bridgehead atoms. The van der Waals surface area contributed by atoms with Crippen molar-refractivity contribution in [2.24, 2.45) is 5.73 Å². The van der Waals surface area contributed by atoms with Gasteiger partial charge in [0.1, 0.15) is 0 Å². The van der Waals surface area contributed by atoms with Crippen molar-refractivity contribution in [2.75, 3.05) is 13.2 Å². The normalized spacial score (nSPS) is 13.9. The maximum Gasteiger partial charge on any atom is 0.161 e. The minimum atomic E-state index is 0.532. The molecule has 104 valence electrons. The minimum absolute atomic E-state index is 0.532. The summed E-state index contributed by atoms with van der Waals surface area (Å²) >= 11 is 0. The van der Waals surface area contributed by atoms with E-state index >= 15 is 0 Å². The van der Waals surface area contributed by atoms with E-state index in [0.29, 0.717) is 19.8 Å². The van der Waals surface area contributed by atoms with Crippen LogP contribution in [0, 0.1) is 6.92 Å². The molecule has 2 aromatic rings. The molecule has 0 spiro atoms. The zero-order valence-electron chi connectivity index (χ0n) is 11.7. The summed E-state index contributed by atoms with van der Waals surface area (Å²) in [5, 5.41) is 0. The number of ether oxygens (including phenoxy) is 2. The van der Waals surface area contributed by atoms with Crippen LogP contribution in [0.3, 0.4) is 0 Å². The van der Waals surface area contributed by atoms with Gasteiger partial charge in [0.25, 0.3) is 0 Å². The van der Waals surface area contributed by atoms with E-state index in [0.717, 1.165) is 29.0 Å². The second-order valence-electron chi connectivity index (χ2n) is 5.08. The van der Waals surface area contributed by atoms with Crippen LogP contribution in [0.1, 0.15) is 17.5 Å². The van der Waals surface area contributed by atoms with Gasteiger partial charge in [-0.15, -0.1) is 0 Å². The molecular weight excluding hydrogens is 250 g/mol. The Hall–Kier alpha value is -2.00. The molecule has 2 aromatic carbocycles. The standard InChI is InChI=1S/C17H19NO2/c1-12-3-4-14(11-18)15(9-12)13-5-6-16-17(10-13)20-8-2-7-19-16/h3-6,9-10H,2,7-8,11,18H2,1H3. The lowest BCUT2D eigenvalue weighted by molar-refractivity contribution is 0.297. The average Bonchev–Trinajstić information content (AvgIpc) is 2.71. The third-order valence-corrected chi connectivity index (χ3v) is 3.54. The second kappa shape index (κ2) is 5.55. The van der Waals surface area contributed by atoms with Crippen LogP contribution in [0.5, 0.6) is 11.5 Å². The highest BCUT2D eigenvalue weighted by atomic mass is 16.5. The van der Waals surface area contributed by atoms with E-state index in [1.807, 2.05) is 6.07 Å². The first kappa shape index (κ1) is 13.0. The van der Waals surface area contributed by atoms with Gasteiger partial charge in [0.05, 0.1) is 13.2 Å². The summed E-state index contributed by atoms with van der Waals surface area (Å²) in [6.07, 6.45) is 0.919. The first-order chi connectivity index (χ1) is 9.78. The van der Waals surface area contributed by atoms with E-state index in [2.05, 4.69) is 37.3 Å². The Morgan fingerprint density at radius 1 is 1.00 bits per heavy atom. The molecule has 0 aromatic heterocycles. The van der Waals surface area contributed by atoms with Gasteiger partial charge in [0, 0.05) is 13.0 Å². The van der Waals surface area contributed by atoms with Gasteiger partial charge in [-0.25, -0.2) is 0 Å². The quantitative estimate of drug-likeness (QED) is 0.910. The summed E-state index contributed by atoms with van der Waals surface area (Å²) in [5.74, 6) is 1.65. The molecule has 1 aliphatic heterocycles. The van der Waals surface area contributed by atoms with E-state index in [4.69, 9.17) is 15.2 Å². The SMILES string of the molecule is Cc1ccc(CN)c(-c2ccc3c(c2)OCCCO3)c1. The Morgan fingerprint density at radius 3 is 2.60 bits per heavy atom. The van der Waals surface area contributed by atoms with Gasteiger partial charge in [-0.1, -0.05) is 29.8 Å². The van der Waals surface area contributed by atoms with Crippen LogP contribution in [-0.2, 0) is 6.54 Å². The molecule has 2 N–H and O–H groups in total. The highest BCUT2D eigenvalue weighted by Crippen LogP contribution is 2.35. The predicted molar refractivity (Wildman–Crippen MR) is 80.1 cm³/mol. The van der Waals surface area contributed by atoms with E-state index in [1.54, 1.807) is 0 Å². The van der Waals surface area contributed by atoms with Crippen molar-refractivity contribution in [1.29, 1.82) is 0 Å². The summed E-state index contributed by atoms with van der Waals surface area (Å²) in [6, 6.07) is 12.5. The molecule has 1 aliphatic rings. The molecule has 0 unspecified atom stereocenters. The molecule has 3 heteroatoms. The number of hydrogen-bond acceptors (Lipinski definition) is 3. The van der Waals surface area contributed by atoms with Crippen LogP contribution in [0.15, 0.2) is 36.4 Å². The molecule has 0 fully saturated rings. The average molecular weight is 269 g/mol. The monoisotopic (exact) mass is 269 g/mol. The molecule has 1 heterocycles. The summed E-state index contributed by atoms with van der Waals surface area (Å²) in [6.45, 7) is 4.04. The fraction of sp³-hybridized carbons (Fsp3) is 0.294. The van der Waals surface area contributed by atoms with Crippen LogP contribution in [-0.4, -0.2) is 13.2 Å². The Labute approximate surface area is 119 Å². The Kier molecular flexibility index (Phi) is 3.61. The highest BCUT2D eigenvalue weighted by Gasteiger charge is 2.12. The number of aryl methyl sites for hydroxylation is 1. The van der Waals surface area contributed by atoms with Gasteiger partial charge in [0.2, 0.25) is 0 Å². The molecule has 3 nitrogen and oxygen atoms in total. The summed E-state index contributed by atoms with van der Waals surface area (Å²) in [7, 11) is 0. The maximum absolute atomic E-state index is 5.84. The Morgan fingerprint density at radius 2 is 1.80 bits per heavy atom. The number of fused-ring (bicyclic) bond motifs is 1. The molecule has 0 amide bonds. The van der Waals surface area contributed by atoms with E-state index in [9.17, 15) is 0 Å². The lowest BCUT2D eigenvalue weighted by Gasteiger charge is -2.12. The number of hydrogen-bond donors (Lipinski definition) is 1. The van der Waals surface area contributed by atoms with Gasteiger partial charge >= 0.3 is 0 Å². The Balaban J connectivity index is 2.06. The topological polar surface area (TPSA) is 44.5 Å². The smallest absolute Gasteiger partial charge is 0.161 e.